The molecule has 3 aromatic rings. The number of rotatable bonds is 7. The summed E-state index contributed by atoms with van der Waals surface area (Å²) in [5, 5.41) is 2.89. The summed E-state index contributed by atoms with van der Waals surface area (Å²) >= 11 is 1.35. The zero-order valence-electron chi connectivity index (χ0n) is 16.8. The number of nitrogens with one attached hydrogen (secondary N) is 2. The van der Waals surface area contributed by atoms with Gasteiger partial charge in [0.25, 0.3) is 11.5 Å². The number of methoxy groups -OCH3 is 2. The Kier molecular flexibility index (Phi) is 6.63. The lowest BCUT2D eigenvalue weighted by molar-refractivity contribution is 0.102. The minimum Gasteiger partial charge on any atom is -0.493 e. The molecule has 4 N–H and O–H groups in total. The number of carbonyl (C=O) groups excluding carboxylic acids is 1. The zero-order chi connectivity index (χ0) is 21.7. The Morgan fingerprint density at radius 3 is 2.47 bits per heavy atom. The smallest absolute Gasteiger partial charge is 0.277 e. The van der Waals surface area contributed by atoms with Gasteiger partial charge in [0.1, 0.15) is 5.69 Å². The number of aryl methyl sites for hydroxylation is 1. The van der Waals surface area contributed by atoms with E-state index in [0.717, 1.165) is 5.56 Å². The molecule has 0 saturated heterocycles. The molecule has 0 unspecified atom stereocenters. The molecule has 1 heterocycles. The van der Waals surface area contributed by atoms with Gasteiger partial charge in [0.15, 0.2) is 22.5 Å². The van der Waals surface area contributed by atoms with E-state index in [1.165, 1.54) is 37.6 Å². The first-order chi connectivity index (χ1) is 14.4. The van der Waals surface area contributed by atoms with Crippen molar-refractivity contribution in [2.75, 3.05) is 25.3 Å². The molecule has 9 heteroatoms. The van der Waals surface area contributed by atoms with Crippen molar-refractivity contribution >= 4 is 29.2 Å². The molecule has 1 aromatic heterocycles. The maximum absolute atomic E-state index is 12.6. The molecule has 0 saturated carbocycles. The highest BCUT2D eigenvalue weighted by Crippen LogP contribution is 2.28. The number of carbonyl (C=O) groups is 1. The number of nitrogens with two attached hydrogens (primary N) is 1. The first-order valence-electron chi connectivity index (χ1n) is 9.02. The van der Waals surface area contributed by atoms with E-state index >= 15 is 0 Å². The first-order valence-corrected chi connectivity index (χ1v) is 10.0. The molecule has 0 spiro atoms. The summed E-state index contributed by atoms with van der Waals surface area (Å²) in [5.74, 6) is 0.935. The SMILES string of the molecule is COc1ccc(C(=O)Nc2c(N)nc(SCc3ccc(C)cc3)[nH]c2=O)cc1OC. The number of nitrogen functional groups attached to an aromatic ring is 1. The van der Waals surface area contributed by atoms with E-state index in [1.54, 1.807) is 12.1 Å². The molecule has 156 valence electrons. The van der Waals surface area contributed by atoms with Crippen molar-refractivity contribution in [3.63, 3.8) is 0 Å². The van der Waals surface area contributed by atoms with Crippen LogP contribution in [0.3, 0.4) is 0 Å². The fourth-order valence-electron chi connectivity index (χ4n) is 2.66. The molecule has 0 aliphatic heterocycles. The van der Waals surface area contributed by atoms with Crippen molar-refractivity contribution in [2.24, 2.45) is 0 Å². The predicted octanol–water partition coefficient (Wildman–Crippen LogP) is 3.22. The van der Waals surface area contributed by atoms with Gasteiger partial charge in [-0.3, -0.25) is 14.6 Å². The number of H-pyrrole nitrogens is 1. The molecule has 2 aromatic carbocycles. The van der Waals surface area contributed by atoms with Gasteiger partial charge in [-0.15, -0.1) is 0 Å². The second-order valence-electron chi connectivity index (χ2n) is 6.43. The summed E-state index contributed by atoms with van der Waals surface area (Å²) in [6.07, 6.45) is 0. The zero-order valence-corrected chi connectivity index (χ0v) is 17.6. The van der Waals surface area contributed by atoms with Crippen molar-refractivity contribution in [3.05, 3.63) is 69.5 Å². The Hall–Kier alpha value is -3.46. The van der Waals surface area contributed by atoms with Crippen molar-refractivity contribution in [2.45, 2.75) is 17.8 Å². The molecule has 8 nitrogen and oxygen atoms in total. The highest BCUT2D eigenvalue weighted by molar-refractivity contribution is 7.98. The van der Waals surface area contributed by atoms with Gasteiger partial charge in [0.2, 0.25) is 0 Å². The van der Waals surface area contributed by atoms with Gasteiger partial charge in [-0.2, -0.15) is 0 Å². The second-order valence-corrected chi connectivity index (χ2v) is 7.39. The molecular weight excluding hydrogens is 404 g/mol. The van der Waals surface area contributed by atoms with Crippen LogP contribution in [0.5, 0.6) is 11.5 Å². The van der Waals surface area contributed by atoms with E-state index in [9.17, 15) is 9.59 Å². The van der Waals surface area contributed by atoms with Gasteiger partial charge < -0.3 is 20.5 Å². The third kappa shape index (κ3) is 4.93. The fraction of sp³-hybridized carbons (Fsp3) is 0.190. The van der Waals surface area contributed by atoms with Gasteiger partial charge in [0.05, 0.1) is 14.2 Å². The van der Waals surface area contributed by atoms with Crippen LogP contribution < -0.4 is 26.1 Å². The Morgan fingerprint density at radius 2 is 1.83 bits per heavy atom. The number of hydrogen-bond acceptors (Lipinski definition) is 7. The summed E-state index contributed by atoms with van der Waals surface area (Å²) in [7, 11) is 2.97. The third-order valence-corrected chi connectivity index (χ3v) is 5.25. The van der Waals surface area contributed by atoms with Crippen LogP contribution in [0, 0.1) is 6.92 Å². The molecule has 3 rings (SSSR count). The molecular formula is C21H22N4O4S. The predicted molar refractivity (Wildman–Crippen MR) is 118 cm³/mol. The number of amides is 1. The minimum atomic E-state index is -0.525. The van der Waals surface area contributed by atoms with E-state index in [2.05, 4.69) is 15.3 Å². The highest BCUT2D eigenvalue weighted by Gasteiger charge is 2.16. The largest absolute Gasteiger partial charge is 0.493 e. The number of ether oxygens (including phenoxy) is 2. The van der Waals surface area contributed by atoms with Crippen LogP contribution in [0.15, 0.2) is 52.4 Å². The third-order valence-electron chi connectivity index (χ3n) is 4.31. The lowest BCUT2D eigenvalue weighted by Crippen LogP contribution is -2.23. The quantitative estimate of drug-likeness (QED) is 0.392. The number of anilines is 2. The molecule has 1 amide bonds. The van der Waals surface area contributed by atoms with Crippen LogP contribution in [-0.2, 0) is 5.75 Å². The Bertz CT molecular complexity index is 1110. The van der Waals surface area contributed by atoms with Gasteiger partial charge >= 0.3 is 0 Å². The van der Waals surface area contributed by atoms with E-state index in [4.69, 9.17) is 15.2 Å². The monoisotopic (exact) mass is 426 g/mol. The van der Waals surface area contributed by atoms with Crippen LogP contribution >= 0.6 is 11.8 Å². The molecule has 0 radical (unpaired) electrons. The summed E-state index contributed by atoms with van der Waals surface area (Å²) < 4.78 is 10.4. The average molecular weight is 426 g/mol. The first kappa shape index (κ1) is 21.3. The number of hydrogen-bond donors (Lipinski definition) is 3. The van der Waals surface area contributed by atoms with Crippen molar-refractivity contribution in [1.82, 2.24) is 9.97 Å². The number of aromatic amines is 1. The lowest BCUT2D eigenvalue weighted by atomic mass is 10.2. The van der Waals surface area contributed by atoms with Crippen LogP contribution in [0.4, 0.5) is 11.5 Å². The Balaban J connectivity index is 1.74. The van der Waals surface area contributed by atoms with Gasteiger partial charge in [-0.1, -0.05) is 41.6 Å². The second kappa shape index (κ2) is 9.36. The van der Waals surface area contributed by atoms with Crippen molar-refractivity contribution in [3.8, 4) is 11.5 Å². The Morgan fingerprint density at radius 1 is 1.13 bits per heavy atom. The van der Waals surface area contributed by atoms with Crippen LogP contribution in [-0.4, -0.2) is 30.1 Å². The summed E-state index contributed by atoms with van der Waals surface area (Å²) in [6.45, 7) is 2.02. The minimum absolute atomic E-state index is 0.0565. The average Bonchev–Trinajstić information content (AvgIpc) is 2.75. The molecule has 0 bridgehead atoms. The van der Waals surface area contributed by atoms with E-state index in [0.29, 0.717) is 22.4 Å². The number of benzene rings is 2. The van der Waals surface area contributed by atoms with Crippen LogP contribution in [0.2, 0.25) is 0 Å². The van der Waals surface area contributed by atoms with Crippen molar-refractivity contribution < 1.29 is 14.3 Å². The molecule has 0 aliphatic carbocycles. The van der Waals surface area contributed by atoms with Crippen LogP contribution in [0.1, 0.15) is 21.5 Å². The van der Waals surface area contributed by atoms with E-state index in [-0.39, 0.29) is 17.1 Å². The number of thioether (sulfide) groups is 1. The van der Waals surface area contributed by atoms with Gasteiger partial charge in [0, 0.05) is 11.3 Å². The fourth-order valence-corrected chi connectivity index (χ4v) is 3.48. The molecule has 0 atom stereocenters. The summed E-state index contributed by atoms with van der Waals surface area (Å²) in [5.41, 5.74) is 7.86. The highest BCUT2D eigenvalue weighted by atomic mass is 32.2. The maximum atomic E-state index is 12.6. The number of nitrogens with zero attached hydrogens (tertiary/aromatic N) is 1. The molecule has 0 aliphatic rings. The van der Waals surface area contributed by atoms with E-state index in [1.807, 2.05) is 31.2 Å². The standard InChI is InChI=1S/C21H22N4O4S/c1-12-4-6-13(7-5-12)11-30-21-24-18(22)17(20(27)25-21)23-19(26)14-8-9-15(28-2)16(10-14)29-3/h4-10H,11H2,1-3H3,(H,23,26)(H3,22,24,25,27). The van der Waals surface area contributed by atoms with Gasteiger partial charge in [-0.25, -0.2) is 4.98 Å². The number of aromatic nitrogens is 2. The van der Waals surface area contributed by atoms with Crippen LogP contribution in [0.25, 0.3) is 0 Å². The molecule has 30 heavy (non-hydrogen) atoms. The normalized spacial score (nSPS) is 10.5. The summed E-state index contributed by atoms with van der Waals surface area (Å²) in [6, 6.07) is 12.7. The van der Waals surface area contributed by atoms with Crippen molar-refractivity contribution in [1.29, 1.82) is 0 Å². The topological polar surface area (TPSA) is 119 Å². The lowest BCUT2D eigenvalue weighted by Gasteiger charge is -2.11. The summed E-state index contributed by atoms with van der Waals surface area (Å²) in [4.78, 5) is 31.9. The maximum Gasteiger partial charge on any atom is 0.277 e. The Labute approximate surface area is 177 Å². The molecule has 0 fully saturated rings. The van der Waals surface area contributed by atoms with Gasteiger partial charge in [-0.05, 0) is 30.7 Å². The van der Waals surface area contributed by atoms with E-state index < -0.39 is 11.5 Å².